The first-order valence-corrected chi connectivity index (χ1v) is 11.7. The average molecular weight is 420 g/mol. The SMILES string of the molecule is CC(C)(C)C(=O)Nc1ccc2c(N3CCCC(CNS(C)(=O)=O)C3)ncnc2c1. The predicted octanol–water partition coefficient (Wildman–Crippen LogP) is 2.38. The fourth-order valence-electron chi connectivity index (χ4n) is 3.38. The summed E-state index contributed by atoms with van der Waals surface area (Å²) in [6.45, 7) is 7.64. The zero-order valence-electron chi connectivity index (χ0n) is 17.4. The number of sulfonamides is 1. The fourth-order valence-corrected chi connectivity index (χ4v) is 3.92. The summed E-state index contributed by atoms with van der Waals surface area (Å²) in [5.41, 5.74) is 0.989. The molecular formula is C20H29N5O3S. The third-order valence-electron chi connectivity index (χ3n) is 5.01. The summed E-state index contributed by atoms with van der Waals surface area (Å²) in [5, 5.41) is 3.85. The molecule has 0 bridgehead atoms. The lowest BCUT2D eigenvalue weighted by molar-refractivity contribution is -0.123. The van der Waals surface area contributed by atoms with Gasteiger partial charge in [0.2, 0.25) is 15.9 Å². The molecular weight excluding hydrogens is 390 g/mol. The van der Waals surface area contributed by atoms with Crippen LogP contribution in [-0.4, -0.2) is 50.2 Å². The van der Waals surface area contributed by atoms with E-state index in [0.717, 1.165) is 42.7 Å². The van der Waals surface area contributed by atoms with Gasteiger partial charge in [-0.1, -0.05) is 20.8 Å². The van der Waals surface area contributed by atoms with Crippen LogP contribution in [0.4, 0.5) is 11.5 Å². The van der Waals surface area contributed by atoms with Crippen LogP contribution in [0.1, 0.15) is 33.6 Å². The number of anilines is 2. The van der Waals surface area contributed by atoms with Crippen molar-refractivity contribution in [3.63, 3.8) is 0 Å². The Morgan fingerprint density at radius 3 is 2.72 bits per heavy atom. The van der Waals surface area contributed by atoms with Crippen molar-refractivity contribution in [2.75, 3.05) is 36.1 Å². The number of nitrogens with one attached hydrogen (secondary N) is 2. The smallest absolute Gasteiger partial charge is 0.229 e. The van der Waals surface area contributed by atoms with Gasteiger partial charge in [-0.05, 0) is 37.0 Å². The summed E-state index contributed by atoms with van der Waals surface area (Å²) >= 11 is 0. The number of piperidine rings is 1. The lowest BCUT2D eigenvalue weighted by Crippen LogP contribution is -2.41. The molecule has 158 valence electrons. The molecule has 0 aliphatic carbocycles. The van der Waals surface area contributed by atoms with Crippen molar-refractivity contribution in [3.05, 3.63) is 24.5 Å². The van der Waals surface area contributed by atoms with E-state index < -0.39 is 15.4 Å². The van der Waals surface area contributed by atoms with Crippen LogP contribution >= 0.6 is 0 Å². The Hall–Kier alpha value is -2.26. The van der Waals surface area contributed by atoms with E-state index in [1.165, 1.54) is 12.6 Å². The van der Waals surface area contributed by atoms with Gasteiger partial charge in [-0.25, -0.2) is 23.1 Å². The molecule has 9 heteroatoms. The zero-order chi connectivity index (χ0) is 21.2. The van der Waals surface area contributed by atoms with Crippen molar-refractivity contribution in [3.8, 4) is 0 Å². The van der Waals surface area contributed by atoms with Crippen LogP contribution in [0, 0.1) is 11.3 Å². The van der Waals surface area contributed by atoms with E-state index in [9.17, 15) is 13.2 Å². The minimum Gasteiger partial charge on any atom is -0.356 e. The monoisotopic (exact) mass is 419 g/mol. The minimum atomic E-state index is -3.19. The largest absolute Gasteiger partial charge is 0.356 e. The Morgan fingerprint density at radius 1 is 1.28 bits per heavy atom. The molecule has 1 aliphatic heterocycles. The maximum absolute atomic E-state index is 12.3. The van der Waals surface area contributed by atoms with Crippen molar-refractivity contribution in [1.82, 2.24) is 14.7 Å². The molecule has 29 heavy (non-hydrogen) atoms. The van der Waals surface area contributed by atoms with E-state index in [-0.39, 0.29) is 11.8 Å². The summed E-state index contributed by atoms with van der Waals surface area (Å²) in [7, 11) is -3.19. The van der Waals surface area contributed by atoms with Crippen molar-refractivity contribution in [1.29, 1.82) is 0 Å². The van der Waals surface area contributed by atoms with E-state index >= 15 is 0 Å². The molecule has 1 unspecified atom stereocenters. The molecule has 0 radical (unpaired) electrons. The summed E-state index contributed by atoms with van der Waals surface area (Å²) < 4.78 is 25.4. The highest BCUT2D eigenvalue weighted by atomic mass is 32.2. The lowest BCUT2D eigenvalue weighted by Gasteiger charge is -2.34. The van der Waals surface area contributed by atoms with Gasteiger partial charge >= 0.3 is 0 Å². The van der Waals surface area contributed by atoms with Gasteiger partial charge in [0.05, 0.1) is 11.8 Å². The molecule has 1 atom stereocenters. The molecule has 8 nitrogen and oxygen atoms in total. The number of benzene rings is 1. The van der Waals surface area contributed by atoms with Gasteiger partial charge in [0.15, 0.2) is 0 Å². The second-order valence-electron chi connectivity index (χ2n) is 8.71. The Kier molecular flexibility index (Phi) is 6.09. The van der Waals surface area contributed by atoms with E-state index in [2.05, 4.69) is 24.9 Å². The van der Waals surface area contributed by atoms with Crippen LogP contribution in [-0.2, 0) is 14.8 Å². The second-order valence-corrected chi connectivity index (χ2v) is 10.5. The maximum Gasteiger partial charge on any atom is 0.229 e. The number of rotatable bonds is 5. The zero-order valence-corrected chi connectivity index (χ0v) is 18.2. The second kappa shape index (κ2) is 8.23. The molecule has 0 spiro atoms. The molecule has 1 aromatic heterocycles. The Bertz CT molecular complexity index is 1000. The molecule has 1 aliphatic rings. The Morgan fingerprint density at radius 2 is 2.03 bits per heavy atom. The van der Waals surface area contributed by atoms with Crippen LogP contribution in [0.15, 0.2) is 24.5 Å². The third-order valence-corrected chi connectivity index (χ3v) is 5.70. The Labute approximate surface area is 172 Å². The summed E-state index contributed by atoms with van der Waals surface area (Å²) in [6.07, 6.45) is 4.67. The highest BCUT2D eigenvalue weighted by Gasteiger charge is 2.24. The molecule has 2 aromatic rings. The minimum absolute atomic E-state index is 0.0524. The number of carbonyl (C=O) groups excluding carboxylic acids is 1. The van der Waals surface area contributed by atoms with Crippen LogP contribution in [0.5, 0.6) is 0 Å². The summed E-state index contributed by atoms with van der Waals surface area (Å²) in [5.74, 6) is 1.02. The Balaban J connectivity index is 1.80. The number of carbonyl (C=O) groups is 1. The van der Waals surface area contributed by atoms with Gasteiger partial charge in [0.1, 0.15) is 12.1 Å². The van der Waals surface area contributed by atoms with Crippen molar-refractivity contribution < 1.29 is 13.2 Å². The topological polar surface area (TPSA) is 104 Å². The number of nitrogens with zero attached hydrogens (tertiary/aromatic N) is 3. The van der Waals surface area contributed by atoms with E-state index in [0.29, 0.717) is 12.2 Å². The lowest BCUT2D eigenvalue weighted by atomic mass is 9.95. The molecule has 0 saturated carbocycles. The summed E-state index contributed by atoms with van der Waals surface area (Å²) in [6, 6.07) is 5.66. The average Bonchev–Trinajstić information content (AvgIpc) is 2.64. The first-order valence-electron chi connectivity index (χ1n) is 9.79. The first kappa shape index (κ1) is 21.4. The van der Waals surface area contributed by atoms with Gasteiger partial charge in [0.25, 0.3) is 0 Å². The van der Waals surface area contributed by atoms with Crippen LogP contribution in [0.25, 0.3) is 10.9 Å². The molecule has 2 heterocycles. The van der Waals surface area contributed by atoms with Gasteiger partial charge < -0.3 is 10.2 Å². The summed E-state index contributed by atoms with van der Waals surface area (Å²) in [4.78, 5) is 23.3. The molecule has 1 fully saturated rings. The van der Waals surface area contributed by atoms with E-state index in [1.807, 2.05) is 39.0 Å². The number of hydrogen-bond donors (Lipinski definition) is 2. The van der Waals surface area contributed by atoms with Crippen LogP contribution in [0.2, 0.25) is 0 Å². The number of aromatic nitrogens is 2. The third kappa shape index (κ3) is 5.63. The fraction of sp³-hybridized carbons (Fsp3) is 0.550. The normalized spacial score (nSPS) is 18.1. The van der Waals surface area contributed by atoms with Gasteiger partial charge in [-0.2, -0.15) is 0 Å². The quantitative estimate of drug-likeness (QED) is 0.771. The molecule has 1 aromatic carbocycles. The van der Waals surface area contributed by atoms with Crippen molar-refractivity contribution in [2.24, 2.45) is 11.3 Å². The number of fused-ring (bicyclic) bond motifs is 1. The van der Waals surface area contributed by atoms with Gasteiger partial charge in [-0.3, -0.25) is 4.79 Å². The van der Waals surface area contributed by atoms with Crippen molar-refractivity contribution in [2.45, 2.75) is 33.6 Å². The number of amides is 1. The van der Waals surface area contributed by atoms with Crippen molar-refractivity contribution >= 4 is 38.3 Å². The van der Waals surface area contributed by atoms with E-state index in [4.69, 9.17) is 0 Å². The molecule has 3 rings (SSSR count). The van der Waals surface area contributed by atoms with Gasteiger partial charge in [-0.15, -0.1) is 0 Å². The highest BCUT2D eigenvalue weighted by Crippen LogP contribution is 2.29. The highest BCUT2D eigenvalue weighted by molar-refractivity contribution is 7.88. The molecule has 1 amide bonds. The maximum atomic E-state index is 12.3. The standard InChI is InChI=1S/C20H29N5O3S/c1-20(2,3)19(26)24-15-7-8-16-17(10-15)21-13-22-18(16)25-9-5-6-14(12-25)11-23-29(4,27)28/h7-8,10,13-14,23H,5-6,9,11-12H2,1-4H3,(H,24,26). The first-order chi connectivity index (χ1) is 13.5. The van der Waals surface area contributed by atoms with Gasteiger partial charge in [0, 0.05) is 36.1 Å². The van der Waals surface area contributed by atoms with Crippen LogP contribution < -0.4 is 14.9 Å². The molecule has 2 N–H and O–H groups in total. The number of hydrogen-bond acceptors (Lipinski definition) is 6. The molecule has 1 saturated heterocycles. The van der Waals surface area contributed by atoms with E-state index in [1.54, 1.807) is 0 Å². The van der Waals surface area contributed by atoms with Crippen LogP contribution in [0.3, 0.4) is 0 Å². The predicted molar refractivity (Wildman–Crippen MR) is 115 cm³/mol.